The molecular formula is C16H29N5. The Kier molecular flexibility index (Phi) is 6.42. The normalized spacial score (nSPS) is 21.8. The zero-order valence-electron chi connectivity index (χ0n) is 13.3. The highest BCUT2D eigenvalue weighted by Crippen LogP contribution is 2.16. The van der Waals surface area contributed by atoms with Crippen molar-refractivity contribution in [2.45, 2.75) is 32.7 Å². The summed E-state index contributed by atoms with van der Waals surface area (Å²) in [5, 5.41) is 10.6. The number of rotatable bonds is 8. The molecule has 1 aromatic rings. The molecule has 1 unspecified atom stereocenters. The van der Waals surface area contributed by atoms with Crippen LogP contribution in [0.2, 0.25) is 0 Å². The first kappa shape index (κ1) is 16.2. The van der Waals surface area contributed by atoms with Crippen LogP contribution >= 0.6 is 0 Å². The molecule has 1 aromatic heterocycles. The van der Waals surface area contributed by atoms with Gasteiger partial charge in [-0.3, -0.25) is 0 Å². The van der Waals surface area contributed by atoms with Gasteiger partial charge in [0.2, 0.25) is 0 Å². The summed E-state index contributed by atoms with van der Waals surface area (Å²) in [5.41, 5.74) is 8.14. The smallest absolute Gasteiger partial charge is 0.123 e. The van der Waals surface area contributed by atoms with Gasteiger partial charge in [-0.05, 0) is 56.5 Å². The van der Waals surface area contributed by atoms with Crippen molar-refractivity contribution in [1.29, 1.82) is 0 Å². The van der Waals surface area contributed by atoms with Crippen LogP contribution in [0.15, 0.2) is 12.1 Å². The van der Waals surface area contributed by atoms with Crippen LogP contribution < -0.4 is 21.7 Å². The van der Waals surface area contributed by atoms with Crippen molar-refractivity contribution in [3.63, 3.8) is 0 Å². The zero-order valence-corrected chi connectivity index (χ0v) is 13.3. The van der Waals surface area contributed by atoms with Crippen molar-refractivity contribution >= 4 is 5.82 Å². The molecule has 5 heteroatoms. The van der Waals surface area contributed by atoms with Crippen LogP contribution in [0.1, 0.15) is 24.6 Å². The van der Waals surface area contributed by atoms with E-state index in [-0.39, 0.29) is 0 Å². The highest BCUT2D eigenvalue weighted by molar-refractivity contribution is 5.34. The Morgan fingerprint density at radius 3 is 2.90 bits per heavy atom. The number of aromatic nitrogens is 1. The molecule has 0 aromatic carbocycles. The first-order valence-electron chi connectivity index (χ1n) is 8.07. The summed E-state index contributed by atoms with van der Waals surface area (Å²) >= 11 is 0. The lowest BCUT2D eigenvalue weighted by molar-refractivity contribution is 0.419. The fraction of sp³-hybridized carbons (Fsp3) is 0.688. The van der Waals surface area contributed by atoms with E-state index in [9.17, 15) is 0 Å². The fourth-order valence-corrected chi connectivity index (χ4v) is 2.98. The molecule has 1 aliphatic rings. The molecule has 0 spiro atoms. The molecule has 1 saturated heterocycles. The van der Waals surface area contributed by atoms with E-state index in [1.54, 1.807) is 0 Å². The van der Waals surface area contributed by atoms with Crippen molar-refractivity contribution in [3.05, 3.63) is 23.4 Å². The summed E-state index contributed by atoms with van der Waals surface area (Å²) in [5.74, 6) is 1.22. The summed E-state index contributed by atoms with van der Waals surface area (Å²) in [4.78, 5) is 4.46. The second kappa shape index (κ2) is 8.32. The largest absolute Gasteiger partial charge is 0.384 e. The summed E-state index contributed by atoms with van der Waals surface area (Å²) in [7, 11) is 0. The molecule has 1 aliphatic heterocycles. The molecule has 0 saturated carbocycles. The third-order valence-electron chi connectivity index (χ3n) is 3.99. The van der Waals surface area contributed by atoms with Crippen LogP contribution in [0, 0.1) is 12.8 Å². The lowest BCUT2D eigenvalue weighted by Crippen LogP contribution is -2.40. The number of pyridine rings is 1. The Balaban J connectivity index is 1.81. The Morgan fingerprint density at radius 2 is 2.14 bits per heavy atom. The van der Waals surface area contributed by atoms with Crippen molar-refractivity contribution < 1.29 is 0 Å². The Morgan fingerprint density at radius 1 is 1.29 bits per heavy atom. The maximum Gasteiger partial charge on any atom is 0.123 e. The number of nitrogens with two attached hydrogens (primary N) is 1. The molecule has 118 valence electrons. The Hall–Kier alpha value is -1.17. The van der Waals surface area contributed by atoms with E-state index in [2.05, 4.69) is 40.8 Å². The Bertz CT molecular complexity index is 414. The van der Waals surface area contributed by atoms with E-state index < -0.39 is 0 Å². The number of nitrogen functional groups attached to an aromatic ring is 1. The van der Waals surface area contributed by atoms with Gasteiger partial charge < -0.3 is 21.7 Å². The first-order valence-corrected chi connectivity index (χ1v) is 8.07. The maximum absolute atomic E-state index is 5.84. The summed E-state index contributed by atoms with van der Waals surface area (Å²) in [6.45, 7) is 9.51. The van der Waals surface area contributed by atoms with E-state index in [4.69, 9.17) is 5.73 Å². The van der Waals surface area contributed by atoms with Crippen LogP contribution in [0.5, 0.6) is 0 Å². The minimum atomic E-state index is 0.525. The summed E-state index contributed by atoms with van der Waals surface area (Å²) < 4.78 is 0. The van der Waals surface area contributed by atoms with E-state index >= 15 is 0 Å². The van der Waals surface area contributed by atoms with Gasteiger partial charge in [-0.15, -0.1) is 0 Å². The van der Waals surface area contributed by atoms with Gasteiger partial charge in [-0.25, -0.2) is 4.98 Å². The van der Waals surface area contributed by atoms with Crippen LogP contribution in [0.25, 0.3) is 0 Å². The van der Waals surface area contributed by atoms with Crippen molar-refractivity contribution in [3.8, 4) is 0 Å². The predicted octanol–water partition coefficient (Wildman–Crippen LogP) is 0.692. The molecule has 21 heavy (non-hydrogen) atoms. The van der Waals surface area contributed by atoms with Gasteiger partial charge in [0.05, 0.1) is 0 Å². The number of nitrogens with zero attached hydrogens (tertiary/aromatic N) is 1. The van der Waals surface area contributed by atoms with Crippen LogP contribution in [0.4, 0.5) is 5.82 Å². The van der Waals surface area contributed by atoms with Crippen molar-refractivity contribution in [1.82, 2.24) is 20.9 Å². The van der Waals surface area contributed by atoms with Gasteiger partial charge in [0, 0.05) is 31.4 Å². The molecule has 0 bridgehead atoms. The molecule has 5 nitrogen and oxygen atoms in total. The van der Waals surface area contributed by atoms with Gasteiger partial charge in [0.1, 0.15) is 5.82 Å². The second-order valence-electron chi connectivity index (χ2n) is 5.99. The standard InChI is InChI=1S/C16H29N5/c1-3-4-18-5-6-20-15-11-19-10-13(15)9-14-7-12(2)8-16(17)21-14/h7-8,13,15,18-20H,3-6,9-11H2,1-2H3,(H2,17,21)/t13?,15-/m1/s1. The third-order valence-corrected chi connectivity index (χ3v) is 3.99. The van der Waals surface area contributed by atoms with Crippen LogP contribution in [-0.4, -0.2) is 43.7 Å². The van der Waals surface area contributed by atoms with Gasteiger partial charge >= 0.3 is 0 Å². The molecule has 5 N–H and O–H groups in total. The summed E-state index contributed by atoms with van der Waals surface area (Å²) in [6.07, 6.45) is 2.17. The second-order valence-corrected chi connectivity index (χ2v) is 5.99. The monoisotopic (exact) mass is 291 g/mol. The summed E-state index contributed by atoms with van der Waals surface area (Å²) in [6, 6.07) is 4.59. The van der Waals surface area contributed by atoms with Gasteiger partial charge in [0.25, 0.3) is 0 Å². The van der Waals surface area contributed by atoms with E-state index in [0.29, 0.717) is 17.8 Å². The molecule has 0 aliphatic carbocycles. The first-order chi connectivity index (χ1) is 10.2. The maximum atomic E-state index is 5.84. The predicted molar refractivity (Wildman–Crippen MR) is 88.4 cm³/mol. The Labute approximate surface area is 128 Å². The van der Waals surface area contributed by atoms with Crippen molar-refractivity contribution in [2.24, 2.45) is 5.92 Å². The average molecular weight is 291 g/mol. The lowest BCUT2D eigenvalue weighted by Gasteiger charge is -2.20. The molecular weight excluding hydrogens is 262 g/mol. The number of anilines is 1. The highest BCUT2D eigenvalue weighted by atomic mass is 15.1. The molecule has 2 atom stereocenters. The van der Waals surface area contributed by atoms with E-state index in [1.807, 2.05) is 6.07 Å². The van der Waals surface area contributed by atoms with Crippen LogP contribution in [-0.2, 0) is 6.42 Å². The molecule has 0 radical (unpaired) electrons. The SMILES string of the molecule is CCCNCCN[C@@H]1CNCC1Cc1cc(C)cc(N)n1. The zero-order chi connectivity index (χ0) is 15.1. The topological polar surface area (TPSA) is 75.0 Å². The van der Waals surface area contributed by atoms with E-state index in [0.717, 1.165) is 44.8 Å². The fourth-order valence-electron chi connectivity index (χ4n) is 2.98. The van der Waals surface area contributed by atoms with Crippen LogP contribution in [0.3, 0.4) is 0 Å². The molecule has 2 rings (SSSR count). The molecule has 2 heterocycles. The highest BCUT2D eigenvalue weighted by Gasteiger charge is 2.26. The molecule has 0 amide bonds. The van der Waals surface area contributed by atoms with Gasteiger partial charge in [-0.2, -0.15) is 0 Å². The lowest BCUT2D eigenvalue weighted by atomic mass is 9.97. The van der Waals surface area contributed by atoms with Crippen molar-refractivity contribution in [2.75, 3.05) is 38.5 Å². The number of nitrogens with one attached hydrogen (secondary N) is 3. The average Bonchev–Trinajstić information content (AvgIpc) is 2.85. The minimum Gasteiger partial charge on any atom is -0.384 e. The number of hydrogen-bond acceptors (Lipinski definition) is 5. The van der Waals surface area contributed by atoms with Gasteiger partial charge in [0.15, 0.2) is 0 Å². The number of hydrogen-bond donors (Lipinski definition) is 4. The molecule has 1 fully saturated rings. The number of aryl methyl sites for hydroxylation is 1. The third kappa shape index (κ3) is 5.26. The minimum absolute atomic E-state index is 0.525. The van der Waals surface area contributed by atoms with Gasteiger partial charge in [-0.1, -0.05) is 6.92 Å². The van der Waals surface area contributed by atoms with E-state index in [1.165, 1.54) is 12.0 Å². The quantitative estimate of drug-likeness (QED) is 0.530.